The molecular formula is C23H30F3NO3S. The standard InChI is InChI=1S/C23H30F3NO3S/c1-21(2,20(28)14-22-11-15-8-16(12-22)10-17(9-15)13-22)27(3)31(29,30)19-7-5-4-6-18(19)23(24,25)26/h4-7,15-17H,8-14H2,1-3H3. The number of benzene rings is 1. The second-order valence-corrected chi connectivity index (χ2v) is 12.5. The Morgan fingerprint density at radius 1 is 1.03 bits per heavy atom. The van der Waals surface area contributed by atoms with Crippen molar-refractivity contribution in [3.8, 4) is 0 Å². The Hall–Kier alpha value is -1.41. The summed E-state index contributed by atoms with van der Waals surface area (Å²) in [5.41, 5.74) is -2.73. The number of hydrogen-bond donors (Lipinski definition) is 0. The van der Waals surface area contributed by atoms with Gasteiger partial charge < -0.3 is 0 Å². The average molecular weight is 458 g/mol. The van der Waals surface area contributed by atoms with Crippen molar-refractivity contribution in [1.82, 2.24) is 4.31 Å². The first kappa shape index (κ1) is 22.8. The van der Waals surface area contributed by atoms with E-state index in [1.807, 2.05) is 0 Å². The molecule has 31 heavy (non-hydrogen) atoms. The summed E-state index contributed by atoms with van der Waals surface area (Å²) in [6, 6.07) is 4.13. The van der Waals surface area contributed by atoms with Crippen LogP contribution in [0.4, 0.5) is 13.2 Å². The maximum atomic E-state index is 13.4. The van der Waals surface area contributed by atoms with Crippen LogP contribution in [0.5, 0.6) is 0 Å². The molecule has 5 rings (SSSR count). The van der Waals surface area contributed by atoms with E-state index in [0.29, 0.717) is 24.2 Å². The lowest BCUT2D eigenvalue weighted by molar-refractivity contribution is -0.139. The maximum absolute atomic E-state index is 13.4. The van der Waals surface area contributed by atoms with Crippen LogP contribution >= 0.6 is 0 Å². The van der Waals surface area contributed by atoms with Crippen LogP contribution in [-0.4, -0.2) is 31.1 Å². The van der Waals surface area contributed by atoms with Gasteiger partial charge in [0.15, 0.2) is 5.78 Å². The number of carbonyl (C=O) groups is 1. The lowest BCUT2D eigenvalue weighted by Crippen LogP contribution is -2.54. The van der Waals surface area contributed by atoms with Crippen molar-refractivity contribution < 1.29 is 26.4 Å². The van der Waals surface area contributed by atoms with Crippen LogP contribution in [0.15, 0.2) is 29.2 Å². The molecule has 1 aromatic rings. The van der Waals surface area contributed by atoms with Crippen LogP contribution in [0, 0.1) is 23.2 Å². The summed E-state index contributed by atoms with van der Waals surface area (Å²) in [5, 5.41) is 0. The van der Waals surface area contributed by atoms with Crippen molar-refractivity contribution in [1.29, 1.82) is 0 Å². The first-order valence-electron chi connectivity index (χ1n) is 10.9. The number of alkyl halides is 3. The molecule has 4 fully saturated rings. The van der Waals surface area contributed by atoms with Gasteiger partial charge in [-0.25, -0.2) is 8.42 Å². The Labute approximate surface area is 182 Å². The first-order valence-corrected chi connectivity index (χ1v) is 12.4. The van der Waals surface area contributed by atoms with E-state index in [4.69, 9.17) is 0 Å². The molecule has 0 spiro atoms. The van der Waals surface area contributed by atoms with Crippen molar-refractivity contribution in [2.24, 2.45) is 23.2 Å². The van der Waals surface area contributed by atoms with Gasteiger partial charge in [0, 0.05) is 13.5 Å². The molecule has 4 aliphatic rings. The van der Waals surface area contributed by atoms with E-state index in [1.54, 1.807) is 0 Å². The summed E-state index contributed by atoms with van der Waals surface area (Å²) in [6.45, 7) is 3.01. The van der Waals surface area contributed by atoms with Gasteiger partial charge in [-0.15, -0.1) is 0 Å². The summed E-state index contributed by atoms with van der Waals surface area (Å²) < 4.78 is 67.5. The van der Waals surface area contributed by atoms with Crippen LogP contribution in [0.1, 0.15) is 64.4 Å². The number of halogens is 3. The zero-order valence-electron chi connectivity index (χ0n) is 18.2. The largest absolute Gasteiger partial charge is 0.417 e. The number of rotatable bonds is 6. The zero-order chi connectivity index (χ0) is 22.8. The number of Topliss-reactive ketones (excluding diaryl/α,β-unsaturated/α-hetero) is 1. The van der Waals surface area contributed by atoms with E-state index in [9.17, 15) is 26.4 Å². The van der Waals surface area contributed by atoms with E-state index in [1.165, 1.54) is 46.2 Å². The predicted molar refractivity (Wildman–Crippen MR) is 111 cm³/mol. The molecule has 4 bridgehead atoms. The van der Waals surface area contributed by atoms with Crippen LogP contribution in [0.3, 0.4) is 0 Å². The summed E-state index contributed by atoms with van der Waals surface area (Å²) in [5.74, 6) is 1.75. The molecule has 1 aromatic carbocycles. The predicted octanol–water partition coefficient (Wildman–Crippen LogP) is 5.28. The Balaban J connectivity index is 1.59. The van der Waals surface area contributed by atoms with Gasteiger partial charge in [0.25, 0.3) is 0 Å². The normalized spacial score (nSPS) is 30.7. The molecule has 0 heterocycles. The smallest absolute Gasteiger partial charge is 0.298 e. The van der Waals surface area contributed by atoms with Gasteiger partial charge in [-0.1, -0.05) is 12.1 Å². The fraction of sp³-hybridized carbons (Fsp3) is 0.696. The number of carbonyl (C=O) groups excluding carboxylic acids is 1. The lowest BCUT2D eigenvalue weighted by Gasteiger charge is -2.57. The molecule has 172 valence electrons. The van der Waals surface area contributed by atoms with Crippen molar-refractivity contribution in [2.75, 3.05) is 7.05 Å². The summed E-state index contributed by atoms with van der Waals surface area (Å²) in [6.07, 6.45) is 2.22. The molecule has 0 aromatic heterocycles. The van der Waals surface area contributed by atoms with Crippen molar-refractivity contribution in [3.63, 3.8) is 0 Å². The van der Waals surface area contributed by atoms with Crippen molar-refractivity contribution >= 4 is 15.8 Å². The molecule has 4 nitrogen and oxygen atoms in total. The molecule has 0 N–H and O–H groups in total. The van der Waals surface area contributed by atoms with Gasteiger partial charge in [-0.2, -0.15) is 17.5 Å². The molecule has 4 saturated carbocycles. The molecule has 0 unspecified atom stereocenters. The second-order valence-electron chi connectivity index (χ2n) is 10.5. The number of hydrogen-bond acceptors (Lipinski definition) is 3. The van der Waals surface area contributed by atoms with E-state index in [-0.39, 0.29) is 11.2 Å². The molecule has 0 radical (unpaired) electrons. The maximum Gasteiger partial charge on any atom is 0.417 e. The third kappa shape index (κ3) is 3.94. The van der Waals surface area contributed by atoms with Crippen LogP contribution in [0.2, 0.25) is 0 Å². The topological polar surface area (TPSA) is 54.5 Å². The van der Waals surface area contributed by atoms with Gasteiger partial charge in [0.2, 0.25) is 10.0 Å². The average Bonchev–Trinajstić information content (AvgIpc) is 2.65. The van der Waals surface area contributed by atoms with E-state index >= 15 is 0 Å². The fourth-order valence-electron chi connectivity index (χ4n) is 6.61. The second kappa shape index (κ2) is 7.30. The van der Waals surface area contributed by atoms with Crippen LogP contribution in [0.25, 0.3) is 0 Å². The van der Waals surface area contributed by atoms with Crippen LogP contribution < -0.4 is 0 Å². The minimum Gasteiger partial charge on any atom is -0.298 e. The Bertz CT molecular complexity index is 949. The number of sulfonamides is 1. The molecule has 0 atom stereocenters. The molecular weight excluding hydrogens is 427 g/mol. The summed E-state index contributed by atoms with van der Waals surface area (Å²) >= 11 is 0. The van der Waals surface area contributed by atoms with Gasteiger partial charge >= 0.3 is 6.18 Å². The summed E-state index contributed by atoms with van der Waals surface area (Å²) in [7, 11) is -3.32. The highest BCUT2D eigenvalue weighted by atomic mass is 32.2. The number of ketones is 1. The monoisotopic (exact) mass is 457 g/mol. The Morgan fingerprint density at radius 3 is 2.00 bits per heavy atom. The SMILES string of the molecule is CN(C(C)(C)C(=O)CC12CC3CC(CC(C3)C1)C2)S(=O)(=O)c1ccccc1C(F)(F)F. The van der Waals surface area contributed by atoms with Crippen molar-refractivity contribution in [2.45, 2.75) is 75.4 Å². The van der Waals surface area contributed by atoms with E-state index in [2.05, 4.69) is 0 Å². The van der Waals surface area contributed by atoms with Gasteiger partial charge in [-0.3, -0.25) is 4.79 Å². The Kier molecular flexibility index (Phi) is 5.36. The highest BCUT2D eigenvalue weighted by Gasteiger charge is 2.53. The first-order chi connectivity index (χ1) is 14.2. The van der Waals surface area contributed by atoms with Gasteiger partial charge in [0.1, 0.15) is 0 Å². The molecule has 8 heteroatoms. The van der Waals surface area contributed by atoms with Crippen molar-refractivity contribution in [3.05, 3.63) is 29.8 Å². The van der Waals surface area contributed by atoms with Gasteiger partial charge in [-0.05, 0) is 87.7 Å². The lowest BCUT2D eigenvalue weighted by atomic mass is 9.48. The van der Waals surface area contributed by atoms with Gasteiger partial charge in [0.05, 0.1) is 16.0 Å². The highest BCUT2D eigenvalue weighted by Crippen LogP contribution is 2.61. The fourth-order valence-corrected chi connectivity index (χ4v) is 8.32. The summed E-state index contributed by atoms with van der Waals surface area (Å²) in [4.78, 5) is 12.6. The molecule has 0 saturated heterocycles. The number of nitrogens with zero attached hydrogens (tertiary/aromatic N) is 1. The van der Waals surface area contributed by atoms with E-state index in [0.717, 1.165) is 41.8 Å². The molecule has 4 aliphatic carbocycles. The minimum absolute atomic E-state index is 0.0718. The highest BCUT2D eigenvalue weighted by molar-refractivity contribution is 7.89. The Morgan fingerprint density at radius 2 is 1.52 bits per heavy atom. The molecule has 0 aliphatic heterocycles. The quantitative estimate of drug-likeness (QED) is 0.584. The van der Waals surface area contributed by atoms with E-state index < -0.39 is 32.2 Å². The third-order valence-corrected chi connectivity index (χ3v) is 10.1. The minimum atomic E-state index is -4.81. The molecule has 0 amide bonds. The van der Waals surface area contributed by atoms with Crippen LogP contribution in [-0.2, 0) is 21.0 Å². The third-order valence-electron chi connectivity index (χ3n) is 8.00. The number of likely N-dealkylation sites (N-methyl/N-ethyl adjacent to an activating group) is 1. The zero-order valence-corrected chi connectivity index (χ0v) is 19.0.